The molecular formula is C25H30FN5O4S. The van der Waals surface area contributed by atoms with E-state index >= 15 is 0 Å². The lowest BCUT2D eigenvalue weighted by atomic mass is 10.00. The highest BCUT2D eigenvalue weighted by atomic mass is 32.2. The number of anilines is 1. The second-order valence-electron chi connectivity index (χ2n) is 7.48. The van der Waals surface area contributed by atoms with Gasteiger partial charge in [0.15, 0.2) is 11.4 Å². The minimum Gasteiger partial charge on any atom is -0.487 e. The molecule has 0 fully saturated rings. The van der Waals surface area contributed by atoms with Crippen molar-refractivity contribution in [1.29, 1.82) is 5.26 Å². The van der Waals surface area contributed by atoms with E-state index in [2.05, 4.69) is 15.0 Å². The predicted octanol–water partition coefficient (Wildman–Crippen LogP) is 4.32. The molecule has 1 aliphatic rings. The third kappa shape index (κ3) is 5.72. The van der Waals surface area contributed by atoms with Gasteiger partial charge in [-0.3, -0.25) is 9.78 Å². The number of aryl methyl sites for hydroxylation is 1. The van der Waals surface area contributed by atoms with Crippen molar-refractivity contribution in [2.75, 3.05) is 11.9 Å². The lowest BCUT2D eigenvalue weighted by Crippen LogP contribution is -2.46. The van der Waals surface area contributed by atoms with Gasteiger partial charge in [0.1, 0.15) is 28.9 Å². The van der Waals surface area contributed by atoms with E-state index in [9.17, 15) is 17.6 Å². The summed E-state index contributed by atoms with van der Waals surface area (Å²) in [6.45, 7) is 9.52. The molecule has 3 aromatic rings. The Morgan fingerprint density at radius 1 is 1.25 bits per heavy atom. The molecule has 2 N–H and O–H groups in total. The molecule has 1 aromatic carbocycles. The van der Waals surface area contributed by atoms with Crippen LogP contribution in [0.3, 0.4) is 0 Å². The van der Waals surface area contributed by atoms with Gasteiger partial charge in [-0.25, -0.2) is 12.8 Å². The Balaban J connectivity index is 0.00000109. The maximum Gasteiger partial charge on any atom is 0.276 e. The average Bonchev–Trinajstić information content (AvgIpc) is 3.19. The number of nitrogens with one attached hydrogen (secondary N) is 2. The van der Waals surface area contributed by atoms with Crippen LogP contribution < -0.4 is 14.8 Å². The zero-order valence-electron chi connectivity index (χ0n) is 21.1. The first-order valence-corrected chi connectivity index (χ1v) is 12.9. The summed E-state index contributed by atoms with van der Waals surface area (Å²) in [7, 11) is -2.56. The first-order chi connectivity index (χ1) is 17.1. The van der Waals surface area contributed by atoms with E-state index in [0.29, 0.717) is 5.69 Å². The Bertz CT molecular complexity index is 1370. The molecule has 1 amide bonds. The Morgan fingerprint density at radius 2 is 1.94 bits per heavy atom. The van der Waals surface area contributed by atoms with Gasteiger partial charge in [0.25, 0.3) is 5.91 Å². The van der Waals surface area contributed by atoms with Crippen molar-refractivity contribution in [3.63, 3.8) is 0 Å². The van der Waals surface area contributed by atoms with Gasteiger partial charge in [0.05, 0.1) is 11.3 Å². The number of pyridine rings is 1. The van der Waals surface area contributed by atoms with Gasteiger partial charge in [-0.05, 0) is 37.3 Å². The van der Waals surface area contributed by atoms with E-state index in [-0.39, 0.29) is 34.2 Å². The van der Waals surface area contributed by atoms with Crippen LogP contribution in [-0.4, -0.2) is 30.5 Å². The van der Waals surface area contributed by atoms with Crippen molar-refractivity contribution in [2.45, 2.75) is 45.1 Å². The van der Waals surface area contributed by atoms with E-state index in [1.54, 1.807) is 37.4 Å². The Labute approximate surface area is 211 Å². The van der Waals surface area contributed by atoms with Crippen molar-refractivity contribution in [1.82, 2.24) is 14.3 Å². The fraction of sp³-hybridized carbons (Fsp3) is 0.320. The highest BCUT2D eigenvalue weighted by Gasteiger charge is 2.41. The van der Waals surface area contributed by atoms with Crippen LogP contribution in [0, 0.1) is 17.1 Å². The molecule has 1 atom stereocenters. The molecule has 0 saturated carbocycles. The van der Waals surface area contributed by atoms with E-state index in [0.717, 1.165) is 6.07 Å². The smallest absolute Gasteiger partial charge is 0.276 e. The summed E-state index contributed by atoms with van der Waals surface area (Å²) in [5, 5.41) is 11.5. The van der Waals surface area contributed by atoms with E-state index < -0.39 is 27.3 Å². The largest absolute Gasteiger partial charge is 0.487 e. The molecule has 3 heterocycles. The van der Waals surface area contributed by atoms with Crippen molar-refractivity contribution < 1.29 is 22.3 Å². The highest BCUT2D eigenvalue weighted by Crippen LogP contribution is 2.36. The number of nitriles is 1. The first kappa shape index (κ1) is 28.5. The number of ether oxygens (including phenoxy) is 1. The Hall–Kier alpha value is -3.75. The number of carbonyl (C=O) groups is 1. The number of benzene rings is 1. The van der Waals surface area contributed by atoms with Crippen LogP contribution in [0.25, 0.3) is 0 Å². The SMILES string of the molecule is CC.CC.Cn1cc2c(c1C(=O)Nc1ccc(F)c(C#N)c1)OC[C@](C)(c1ccccn1)NS2(=O)=O. The molecule has 1 aliphatic heterocycles. The summed E-state index contributed by atoms with van der Waals surface area (Å²) in [5.74, 6) is -1.51. The van der Waals surface area contributed by atoms with Crippen LogP contribution in [0.1, 0.15) is 56.4 Å². The lowest BCUT2D eigenvalue weighted by molar-refractivity contribution is 0.101. The molecule has 2 aromatic heterocycles. The molecule has 11 heteroatoms. The van der Waals surface area contributed by atoms with Crippen molar-refractivity contribution >= 4 is 21.6 Å². The molecule has 192 valence electrons. The van der Waals surface area contributed by atoms with Crippen LogP contribution in [0.5, 0.6) is 5.75 Å². The molecule has 0 unspecified atom stereocenters. The fourth-order valence-corrected chi connectivity index (χ4v) is 5.03. The van der Waals surface area contributed by atoms with Crippen LogP contribution in [0.15, 0.2) is 53.7 Å². The summed E-state index contributed by atoms with van der Waals surface area (Å²) in [6.07, 6.45) is 2.83. The predicted molar refractivity (Wildman–Crippen MR) is 135 cm³/mol. The number of halogens is 1. The zero-order chi connectivity index (χ0) is 27.1. The van der Waals surface area contributed by atoms with E-state index in [1.807, 2.05) is 27.7 Å². The number of hydrogen-bond acceptors (Lipinski definition) is 6. The number of fused-ring (bicyclic) bond motifs is 1. The molecule has 36 heavy (non-hydrogen) atoms. The molecular weight excluding hydrogens is 485 g/mol. The molecule has 0 saturated heterocycles. The molecule has 4 rings (SSSR count). The van der Waals surface area contributed by atoms with Crippen LogP contribution in [-0.2, 0) is 22.6 Å². The van der Waals surface area contributed by atoms with Gasteiger partial charge in [-0.15, -0.1) is 0 Å². The minimum atomic E-state index is -4.07. The third-order valence-corrected chi connectivity index (χ3v) is 6.64. The summed E-state index contributed by atoms with van der Waals surface area (Å²) >= 11 is 0. The zero-order valence-corrected chi connectivity index (χ0v) is 21.9. The number of hydrogen-bond donors (Lipinski definition) is 2. The number of sulfonamides is 1. The van der Waals surface area contributed by atoms with E-state index in [4.69, 9.17) is 10.00 Å². The van der Waals surface area contributed by atoms with Crippen LogP contribution in [0.2, 0.25) is 0 Å². The van der Waals surface area contributed by atoms with E-state index in [1.165, 1.54) is 29.9 Å². The van der Waals surface area contributed by atoms with Crippen LogP contribution in [0.4, 0.5) is 10.1 Å². The minimum absolute atomic E-state index is 0.0431. The quantitative estimate of drug-likeness (QED) is 0.535. The number of amides is 1. The monoisotopic (exact) mass is 515 g/mol. The van der Waals surface area contributed by atoms with Gasteiger partial charge in [-0.2, -0.15) is 9.98 Å². The topological polar surface area (TPSA) is 126 Å². The maximum atomic E-state index is 13.6. The molecule has 0 spiro atoms. The molecule has 9 nitrogen and oxygen atoms in total. The van der Waals surface area contributed by atoms with Crippen molar-refractivity contribution in [2.24, 2.45) is 7.05 Å². The van der Waals surface area contributed by atoms with Crippen molar-refractivity contribution in [3.05, 3.63) is 71.6 Å². The van der Waals surface area contributed by atoms with Gasteiger partial charge in [-0.1, -0.05) is 33.8 Å². The first-order valence-electron chi connectivity index (χ1n) is 11.4. The van der Waals surface area contributed by atoms with Gasteiger partial charge in [0.2, 0.25) is 10.0 Å². The number of aromatic nitrogens is 2. The fourth-order valence-electron chi connectivity index (χ4n) is 3.46. The highest BCUT2D eigenvalue weighted by molar-refractivity contribution is 7.89. The summed E-state index contributed by atoms with van der Waals surface area (Å²) in [5.41, 5.74) is -0.812. The molecule has 0 bridgehead atoms. The maximum absolute atomic E-state index is 13.6. The van der Waals surface area contributed by atoms with Gasteiger partial charge in [0, 0.05) is 25.1 Å². The third-order valence-electron chi connectivity index (χ3n) is 5.05. The van der Waals surface area contributed by atoms with Gasteiger partial charge < -0.3 is 14.6 Å². The Morgan fingerprint density at radius 3 is 2.56 bits per heavy atom. The Kier molecular flexibility index (Phi) is 9.33. The normalized spacial score (nSPS) is 17.4. The molecule has 0 radical (unpaired) electrons. The van der Waals surface area contributed by atoms with Crippen molar-refractivity contribution in [3.8, 4) is 11.8 Å². The standard InChI is InChI=1S/C21H18FN5O4S.2C2H6/c1-21(17-5-3-4-8-24-17)12-31-19-16(32(29,30)26-21)11-27(2)18(19)20(28)25-14-6-7-15(22)13(9-14)10-23;2*1-2/h3-9,11,26H,12H2,1-2H3,(H,25,28);2*1-2H3/t21-;;/m1../s1. The number of rotatable bonds is 3. The lowest BCUT2D eigenvalue weighted by Gasteiger charge is -2.27. The molecule has 0 aliphatic carbocycles. The number of carbonyl (C=O) groups excluding carboxylic acids is 1. The van der Waals surface area contributed by atoms with Crippen LogP contribution >= 0.6 is 0 Å². The second kappa shape index (κ2) is 11.8. The second-order valence-corrected chi connectivity index (χ2v) is 9.13. The summed E-state index contributed by atoms with van der Waals surface area (Å²) in [4.78, 5) is 17.0. The average molecular weight is 516 g/mol. The van der Waals surface area contributed by atoms with Gasteiger partial charge >= 0.3 is 0 Å². The summed E-state index contributed by atoms with van der Waals surface area (Å²) in [6, 6.07) is 10.4. The summed E-state index contributed by atoms with van der Waals surface area (Å²) < 4.78 is 49.6. The number of nitrogens with zero attached hydrogens (tertiary/aromatic N) is 3.